The molecule has 0 saturated carbocycles. The van der Waals surface area contributed by atoms with Gasteiger partial charge in [-0.3, -0.25) is 49.6 Å². The predicted molar refractivity (Wildman–Crippen MR) is 294 cm³/mol. The third-order valence-electron chi connectivity index (χ3n) is 13.7. The fourth-order valence-electron chi connectivity index (χ4n) is 8.79. The second-order valence-electron chi connectivity index (χ2n) is 19.4. The number of fused-ring (bicyclic) bond motifs is 1. The number of hydrazine groups is 1. The number of carbonyl (C=O) groups is 9. The van der Waals surface area contributed by atoms with Crippen LogP contribution in [0.2, 0.25) is 0 Å². The van der Waals surface area contributed by atoms with Gasteiger partial charge >= 0.3 is 0 Å². The Labute approximate surface area is 464 Å². The highest BCUT2D eigenvalue weighted by molar-refractivity contribution is 5.99. The third kappa shape index (κ3) is 18.0. The number of hydrogen-bond donors (Lipinski definition) is 13. The molecular formula is C55H77N11O14. The van der Waals surface area contributed by atoms with Crippen LogP contribution in [-0.2, 0) is 62.4 Å². The van der Waals surface area contributed by atoms with Gasteiger partial charge in [-0.05, 0) is 36.0 Å². The number of hydrogen-bond acceptors (Lipinski definition) is 16. The first-order valence-electron chi connectivity index (χ1n) is 26.2. The molecule has 4 rings (SSSR count). The lowest BCUT2D eigenvalue weighted by atomic mass is 9.94. The topological polar surface area (TPSA) is 386 Å². The summed E-state index contributed by atoms with van der Waals surface area (Å²) < 4.78 is 16.8. The summed E-state index contributed by atoms with van der Waals surface area (Å²) in [4.78, 5) is 125. The lowest BCUT2D eigenvalue weighted by Crippen LogP contribution is -2.63. The number of aromatic amines is 1. The van der Waals surface area contributed by atoms with Crippen LogP contribution in [0.5, 0.6) is 17.2 Å². The van der Waals surface area contributed by atoms with E-state index in [1.807, 2.05) is 24.3 Å². The highest BCUT2D eigenvalue weighted by Gasteiger charge is 2.37. The molecule has 0 spiro atoms. The fraction of sp³-hybridized carbons (Fsp3) is 0.473. The van der Waals surface area contributed by atoms with Gasteiger partial charge < -0.3 is 77.2 Å². The number of methoxy groups -OCH3 is 3. The van der Waals surface area contributed by atoms with Crippen LogP contribution in [0.15, 0.2) is 66.7 Å². The molecule has 0 saturated heterocycles. The van der Waals surface area contributed by atoms with E-state index in [2.05, 4.69) is 47.6 Å². The maximum atomic E-state index is 14.4. The molecule has 0 aliphatic rings. The lowest BCUT2D eigenvalue weighted by molar-refractivity contribution is -0.138. The van der Waals surface area contributed by atoms with Gasteiger partial charge in [0.15, 0.2) is 0 Å². The van der Waals surface area contributed by atoms with Crippen molar-refractivity contribution < 1.29 is 67.6 Å². The first-order chi connectivity index (χ1) is 38.2. The molecule has 2 unspecified atom stereocenters. The Hall–Kier alpha value is -8.13. The van der Waals surface area contributed by atoms with E-state index in [9.17, 15) is 53.4 Å². The molecule has 1 heterocycles. The SMILES string of the molecule is CC[C@H](C)[C@H](NC(=O)CNN)C(=O)N[C@H](C(=O)N[C@H](C(=O)N[C@@H](CO)C(=O)NC(CC(N)=O)C(=O)N[C@@H](Cc1ccccc1)C(=O)NC(C=O)Cc1c(Cc2c(OC)cc(OC)cc2OC)[nH]c2ccccc12)[C@@H](C)O)[C@@H](C)CC. The van der Waals surface area contributed by atoms with Crippen molar-refractivity contribution in [1.82, 2.24) is 47.6 Å². The van der Waals surface area contributed by atoms with E-state index in [-0.39, 0.29) is 31.7 Å². The monoisotopic (exact) mass is 1120 g/mol. The van der Waals surface area contributed by atoms with Crippen molar-refractivity contribution in [2.24, 2.45) is 23.4 Å². The van der Waals surface area contributed by atoms with Crippen molar-refractivity contribution in [1.29, 1.82) is 0 Å². The Morgan fingerprint density at radius 2 is 1.16 bits per heavy atom. The van der Waals surface area contributed by atoms with Gasteiger partial charge in [0.1, 0.15) is 59.8 Å². The zero-order valence-corrected chi connectivity index (χ0v) is 46.3. The maximum absolute atomic E-state index is 14.4. The summed E-state index contributed by atoms with van der Waals surface area (Å²) in [6, 6.07) is 8.94. The average Bonchev–Trinajstić information content (AvgIpc) is 3.90. The number of nitrogens with two attached hydrogens (primary N) is 2. The molecule has 436 valence electrons. The van der Waals surface area contributed by atoms with Crippen LogP contribution in [0.1, 0.15) is 76.3 Å². The molecule has 0 fully saturated rings. The molecule has 1 aromatic heterocycles. The first kappa shape index (κ1) is 64.4. The molecule has 3 aromatic carbocycles. The van der Waals surface area contributed by atoms with E-state index in [0.717, 1.165) is 10.9 Å². The van der Waals surface area contributed by atoms with Crippen molar-refractivity contribution in [2.45, 2.75) is 122 Å². The average molecular weight is 1120 g/mol. The molecule has 80 heavy (non-hydrogen) atoms. The van der Waals surface area contributed by atoms with Crippen LogP contribution in [0.25, 0.3) is 10.9 Å². The Balaban J connectivity index is 1.56. The molecule has 4 aromatic rings. The van der Waals surface area contributed by atoms with E-state index in [1.165, 1.54) is 28.3 Å². The highest BCUT2D eigenvalue weighted by atomic mass is 16.5. The molecule has 15 N–H and O–H groups in total. The number of aromatic nitrogens is 1. The number of rotatable bonds is 33. The summed E-state index contributed by atoms with van der Waals surface area (Å²) in [6.45, 7) is 6.72. The zero-order valence-electron chi connectivity index (χ0n) is 46.3. The number of amides is 8. The van der Waals surface area contributed by atoms with Crippen LogP contribution in [-0.4, -0.2) is 152 Å². The number of benzene rings is 3. The normalized spacial score (nSPS) is 14.9. The van der Waals surface area contributed by atoms with Crippen molar-refractivity contribution in [3.05, 3.63) is 89.1 Å². The summed E-state index contributed by atoms with van der Waals surface area (Å²) in [6.07, 6.45) is -0.966. The van der Waals surface area contributed by atoms with Gasteiger partial charge in [0.05, 0.1) is 53.0 Å². The highest BCUT2D eigenvalue weighted by Crippen LogP contribution is 2.37. The van der Waals surface area contributed by atoms with Crippen LogP contribution in [0.4, 0.5) is 0 Å². The van der Waals surface area contributed by atoms with Gasteiger partial charge in [-0.2, -0.15) is 0 Å². The van der Waals surface area contributed by atoms with Gasteiger partial charge in [0, 0.05) is 53.6 Å². The molecule has 8 amide bonds. The Kier molecular flexibility index (Phi) is 25.3. The Morgan fingerprint density at radius 1 is 0.637 bits per heavy atom. The molecule has 0 radical (unpaired) electrons. The second-order valence-corrected chi connectivity index (χ2v) is 19.4. The van der Waals surface area contributed by atoms with Gasteiger partial charge in [-0.1, -0.05) is 89.1 Å². The Morgan fingerprint density at radius 3 is 1.70 bits per heavy atom. The summed E-state index contributed by atoms with van der Waals surface area (Å²) in [5.74, 6) is -1.72. The molecule has 25 nitrogen and oxygen atoms in total. The number of ether oxygens (including phenoxy) is 3. The smallest absolute Gasteiger partial charge is 0.245 e. The number of H-pyrrole nitrogens is 1. The van der Waals surface area contributed by atoms with E-state index >= 15 is 0 Å². The van der Waals surface area contributed by atoms with Crippen LogP contribution in [0, 0.1) is 11.8 Å². The largest absolute Gasteiger partial charge is 0.496 e. The number of aldehydes is 1. The predicted octanol–water partition coefficient (Wildman–Crippen LogP) is -1.03. The minimum Gasteiger partial charge on any atom is -0.496 e. The summed E-state index contributed by atoms with van der Waals surface area (Å²) in [5, 5.41) is 39.4. The minimum absolute atomic E-state index is 0.0154. The first-order valence-corrected chi connectivity index (χ1v) is 26.2. The van der Waals surface area contributed by atoms with Gasteiger partial charge in [-0.15, -0.1) is 0 Å². The lowest BCUT2D eigenvalue weighted by Gasteiger charge is -2.31. The van der Waals surface area contributed by atoms with Crippen LogP contribution >= 0.6 is 0 Å². The van der Waals surface area contributed by atoms with Crippen molar-refractivity contribution in [2.75, 3.05) is 34.5 Å². The number of nitrogens with one attached hydrogen (secondary N) is 9. The third-order valence-corrected chi connectivity index (χ3v) is 13.7. The molecule has 0 bridgehead atoms. The van der Waals surface area contributed by atoms with Crippen LogP contribution < -0.4 is 68.4 Å². The number of aliphatic hydroxyl groups excluding tert-OH is 2. The van der Waals surface area contributed by atoms with Crippen molar-refractivity contribution >= 4 is 64.4 Å². The quantitative estimate of drug-likeness (QED) is 0.0154. The van der Waals surface area contributed by atoms with Crippen molar-refractivity contribution in [3.63, 3.8) is 0 Å². The zero-order chi connectivity index (χ0) is 59.2. The molecule has 10 atom stereocenters. The molecule has 0 aliphatic carbocycles. The minimum atomic E-state index is -1.87. The number of aliphatic hydroxyl groups is 2. The molecular weight excluding hydrogens is 1040 g/mol. The standard InChI is InChI=1S/C55H77N11O14/c1-9-29(3)47(64-46(71)26-58-57)53(75)65-48(30(4)10-2)54(76)66-49(31(5)69)55(77)63-42(28-68)52(74)62-41(25-45(56)70)51(73)61-40(20-32-16-12-11-13-17-32)50(72)59-33(27-67)21-36-35-18-14-15-19-38(35)60-39(36)24-37-43(79-7)22-34(78-6)23-44(37)80-8/h11-19,22-23,27,29-31,33,40-42,47-49,58,60,68-69H,9-10,20-21,24-26,28,57H2,1-8H3,(H2,56,70)(H,59,72)(H,61,73)(H,62,74)(H,63,77)(H,64,71)(H,65,75)(H,66,76)/t29-,30-,31+,33?,40-,41?,42-,47-,48-,49-/m0/s1. The number of primary amides is 1. The molecule has 25 heteroatoms. The van der Waals surface area contributed by atoms with E-state index in [0.29, 0.717) is 58.8 Å². The summed E-state index contributed by atoms with van der Waals surface area (Å²) in [5.41, 5.74) is 11.1. The number of para-hydroxylation sites is 1. The van der Waals surface area contributed by atoms with Gasteiger partial charge in [-0.25, -0.2) is 0 Å². The summed E-state index contributed by atoms with van der Waals surface area (Å²) >= 11 is 0. The fourth-order valence-corrected chi connectivity index (χ4v) is 8.79. The number of carbonyl (C=O) groups excluding carboxylic acids is 9. The van der Waals surface area contributed by atoms with Crippen LogP contribution in [0.3, 0.4) is 0 Å². The van der Waals surface area contributed by atoms with E-state index in [4.69, 9.17) is 25.8 Å². The molecule has 0 aliphatic heterocycles. The van der Waals surface area contributed by atoms with E-state index < -0.39 is 115 Å². The van der Waals surface area contributed by atoms with Crippen molar-refractivity contribution in [3.8, 4) is 17.2 Å². The van der Waals surface area contributed by atoms with Gasteiger partial charge in [0.2, 0.25) is 47.3 Å². The second kappa shape index (κ2) is 31.5. The summed E-state index contributed by atoms with van der Waals surface area (Å²) in [7, 11) is 4.54. The van der Waals surface area contributed by atoms with Gasteiger partial charge in [0.25, 0.3) is 0 Å². The maximum Gasteiger partial charge on any atom is 0.245 e. The Bertz CT molecular complexity index is 2750. The van der Waals surface area contributed by atoms with E-state index in [1.54, 1.807) is 70.2 Å².